The van der Waals surface area contributed by atoms with Gasteiger partial charge >= 0.3 is 0 Å². The zero-order chi connectivity index (χ0) is 13.4. The summed E-state index contributed by atoms with van der Waals surface area (Å²) in [5.74, 6) is 0.384. The van der Waals surface area contributed by atoms with Gasteiger partial charge in [-0.3, -0.25) is 4.79 Å². The van der Waals surface area contributed by atoms with E-state index < -0.39 is 0 Å². The first kappa shape index (κ1) is 14.0. The van der Waals surface area contributed by atoms with Crippen LogP contribution in [0.15, 0.2) is 0 Å². The van der Waals surface area contributed by atoms with Crippen LogP contribution in [-0.2, 0) is 14.3 Å². The maximum Gasteiger partial charge on any atom is 0.139 e. The molecule has 2 atom stereocenters. The van der Waals surface area contributed by atoms with Crippen LogP contribution in [-0.4, -0.2) is 29.7 Å². The van der Waals surface area contributed by atoms with Gasteiger partial charge in [-0.2, -0.15) is 0 Å². The van der Waals surface area contributed by atoms with Crippen LogP contribution in [0.4, 0.5) is 0 Å². The van der Waals surface area contributed by atoms with Crippen LogP contribution in [0.1, 0.15) is 59.8 Å². The van der Waals surface area contributed by atoms with Crippen molar-refractivity contribution >= 4 is 5.78 Å². The molecule has 0 amide bonds. The summed E-state index contributed by atoms with van der Waals surface area (Å²) in [5.41, 5.74) is -0.495. The molecule has 2 aliphatic heterocycles. The smallest absolute Gasteiger partial charge is 0.139 e. The second-order valence-corrected chi connectivity index (χ2v) is 6.86. The molecule has 3 heteroatoms. The molecule has 2 saturated heterocycles. The van der Waals surface area contributed by atoms with Crippen LogP contribution >= 0.6 is 0 Å². The average molecular weight is 254 g/mol. The van der Waals surface area contributed by atoms with Crippen molar-refractivity contribution in [2.45, 2.75) is 77.1 Å². The molecule has 3 nitrogen and oxygen atoms in total. The van der Waals surface area contributed by atoms with Crippen molar-refractivity contribution in [3.8, 4) is 0 Å². The molecule has 0 aromatic heterocycles. The second kappa shape index (κ2) is 4.93. The Balaban J connectivity index is 1.88. The summed E-state index contributed by atoms with van der Waals surface area (Å²) in [6.45, 7) is 9.08. The fourth-order valence-electron chi connectivity index (χ4n) is 3.41. The molecule has 2 aliphatic rings. The quantitative estimate of drug-likeness (QED) is 0.773. The summed E-state index contributed by atoms with van der Waals surface area (Å²) in [6, 6.07) is 0. The SMILES string of the molecule is CC1(C)CC(C(=O)CCC2CCCO2)C(C)(C)O1. The lowest BCUT2D eigenvalue weighted by Gasteiger charge is -2.26. The zero-order valence-electron chi connectivity index (χ0n) is 12.1. The van der Waals surface area contributed by atoms with Gasteiger partial charge in [-0.1, -0.05) is 0 Å². The molecule has 2 fully saturated rings. The van der Waals surface area contributed by atoms with Gasteiger partial charge in [-0.15, -0.1) is 0 Å². The molecule has 2 rings (SSSR count). The molecule has 0 aromatic carbocycles. The highest BCUT2D eigenvalue weighted by Crippen LogP contribution is 2.43. The molecule has 18 heavy (non-hydrogen) atoms. The highest BCUT2D eigenvalue weighted by molar-refractivity contribution is 5.82. The first-order chi connectivity index (χ1) is 8.30. The number of rotatable bonds is 4. The molecular formula is C15H26O3. The van der Waals surface area contributed by atoms with Crippen molar-refractivity contribution < 1.29 is 14.3 Å². The predicted molar refractivity (Wildman–Crippen MR) is 70.6 cm³/mol. The van der Waals surface area contributed by atoms with Crippen molar-refractivity contribution in [1.29, 1.82) is 0 Å². The minimum atomic E-state index is -0.322. The van der Waals surface area contributed by atoms with Gasteiger partial charge in [0.1, 0.15) is 5.78 Å². The van der Waals surface area contributed by atoms with E-state index in [9.17, 15) is 4.79 Å². The number of carbonyl (C=O) groups excluding carboxylic acids is 1. The fraction of sp³-hybridized carbons (Fsp3) is 0.933. The van der Waals surface area contributed by atoms with E-state index in [-0.39, 0.29) is 17.1 Å². The van der Waals surface area contributed by atoms with Gasteiger partial charge in [-0.25, -0.2) is 0 Å². The largest absolute Gasteiger partial charge is 0.378 e. The van der Waals surface area contributed by atoms with Crippen LogP contribution in [0.5, 0.6) is 0 Å². The fourth-order valence-corrected chi connectivity index (χ4v) is 3.41. The van der Waals surface area contributed by atoms with E-state index in [1.807, 2.05) is 13.8 Å². The third kappa shape index (κ3) is 3.12. The Bertz CT molecular complexity index is 314. The Kier molecular flexibility index (Phi) is 3.84. The summed E-state index contributed by atoms with van der Waals surface area (Å²) in [7, 11) is 0. The molecular weight excluding hydrogens is 228 g/mol. The Morgan fingerprint density at radius 3 is 2.50 bits per heavy atom. The van der Waals surface area contributed by atoms with E-state index in [1.54, 1.807) is 0 Å². The van der Waals surface area contributed by atoms with Crippen molar-refractivity contribution in [2.24, 2.45) is 5.92 Å². The topological polar surface area (TPSA) is 35.5 Å². The number of carbonyl (C=O) groups is 1. The predicted octanol–water partition coefficient (Wildman–Crippen LogP) is 3.11. The summed E-state index contributed by atoms with van der Waals surface area (Å²) in [6.07, 6.45) is 4.93. The number of Topliss-reactive ketones (excluding diaryl/α,β-unsaturated/α-hetero) is 1. The molecule has 2 heterocycles. The lowest BCUT2D eigenvalue weighted by atomic mass is 9.82. The summed E-state index contributed by atoms with van der Waals surface area (Å²) >= 11 is 0. The lowest BCUT2D eigenvalue weighted by molar-refractivity contribution is -0.130. The highest BCUT2D eigenvalue weighted by atomic mass is 16.5. The van der Waals surface area contributed by atoms with Crippen LogP contribution in [0.3, 0.4) is 0 Å². The second-order valence-electron chi connectivity index (χ2n) is 6.86. The Hall–Kier alpha value is -0.410. The zero-order valence-corrected chi connectivity index (χ0v) is 12.1. The number of ketones is 1. The van der Waals surface area contributed by atoms with Crippen LogP contribution < -0.4 is 0 Å². The molecule has 0 bridgehead atoms. The molecule has 104 valence electrons. The van der Waals surface area contributed by atoms with Crippen LogP contribution in [0.2, 0.25) is 0 Å². The van der Waals surface area contributed by atoms with Crippen molar-refractivity contribution in [3.63, 3.8) is 0 Å². The van der Waals surface area contributed by atoms with Gasteiger partial charge < -0.3 is 9.47 Å². The molecule has 0 N–H and O–H groups in total. The summed E-state index contributed by atoms with van der Waals surface area (Å²) < 4.78 is 11.6. The molecule has 2 unspecified atom stereocenters. The molecule has 0 radical (unpaired) electrons. The van der Waals surface area contributed by atoms with E-state index in [4.69, 9.17) is 9.47 Å². The van der Waals surface area contributed by atoms with Gasteiger partial charge in [0.05, 0.1) is 17.3 Å². The molecule has 0 aliphatic carbocycles. The third-order valence-corrected chi connectivity index (χ3v) is 4.20. The van der Waals surface area contributed by atoms with E-state index in [1.165, 1.54) is 0 Å². The van der Waals surface area contributed by atoms with Gasteiger partial charge in [0, 0.05) is 18.9 Å². The molecule has 0 spiro atoms. The van der Waals surface area contributed by atoms with E-state index in [0.717, 1.165) is 32.3 Å². The van der Waals surface area contributed by atoms with E-state index in [2.05, 4.69) is 13.8 Å². The Labute approximate surface area is 110 Å². The van der Waals surface area contributed by atoms with Crippen molar-refractivity contribution in [2.75, 3.05) is 6.61 Å². The number of hydrogen-bond donors (Lipinski definition) is 0. The van der Waals surface area contributed by atoms with Gasteiger partial charge in [0.2, 0.25) is 0 Å². The maximum atomic E-state index is 12.4. The van der Waals surface area contributed by atoms with Gasteiger partial charge in [0.25, 0.3) is 0 Å². The van der Waals surface area contributed by atoms with Crippen LogP contribution in [0.25, 0.3) is 0 Å². The number of ether oxygens (including phenoxy) is 2. The normalized spacial score (nSPS) is 33.8. The summed E-state index contributed by atoms with van der Waals surface area (Å²) in [4.78, 5) is 12.4. The van der Waals surface area contributed by atoms with Crippen LogP contribution in [0, 0.1) is 5.92 Å². The Morgan fingerprint density at radius 2 is 2.00 bits per heavy atom. The monoisotopic (exact) mass is 254 g/mol. The van der Waals surface area contributed by atoms with E-state index >= 15 is 0 Å². The number of hydrogen-bond acceptors (Lipinski definition) is 3. The Morgan fingerprint density at radius 1 is 1.28 bits per heavy atom. The minimum Gasteiger partial charge on any atom is -0.378 e. The van der Waals surface area contributed by atoms with Crippen molar-refractivity contribution in [1.82, 2.24) is 0 Å². The molecule has 0 aromatic rings. The third-order valence-electron chi connectivity index (χ3n) is 4.20. The highest BCUT2D eigenvalue weighted by Gasteiger charge is 2.48. The summed E-state index contributed by atoms with van der Waals surface area (Å²) in [5, 5.41) is 0. The van der Waals surface area contributed by atoms with Gasteiger partial charge in [0.15, 0.2) is 0 Å². The standard InChI is InChI=1S/C15H26O3/c1-14(2)10-12(15(3,4)18-14)13(16)8-7-11-6-5-9-17-11/h11-12H,5-10H2,1-4H3. The lowest BCUT2D eigenvalue weighted by Crippen LogP contribution is -2.34. The first-order valence-electron chi connectivity index (χ1n) is 7.15. The average Bonchev–Trinajstić information content (AvgIpc) is 2.80. The first-order valence-corrected chi connectivity index (χ1v) is 7.15. The molecule has 0 saturated carbocycles. The van der Waals surface area contributed by atoms with Crippen molar-refractivity contribution in [3.05, 3.63) is 0 Å². The van der Waals surface area contributed by atoms with Gasteiger partial charge in [-0.05, 0) is 53.4 Å². The maximum absolute atomic E-state index is 12.4. The van der Waals surface area contributed by atoms with E-state index in [0.29, 0.717) is 18.3 Å². The minimum absolute atomic E-state index is 0.0360.